The van der Waals surface area contributed by atoms with Crippen molar-refractivity contribution in [2.24, 2.45) is 0 Å². The van der Waals surface area contributed by atoms with E-state index in [4.69, 9.17) is 5.11 Å². The molecule has 1 N–H and O–H groups in total. The lowest BCUT2D eigenvalue weighted by molar-refractivity contribution is -0.131. The molecular formula is C3H5AlI2O2. The molecule has 0 bridgehead atoms. The Hall–Kier alpha value is 1.20. The summed E-state index contributed by atoms with van der Waals surface area (Å²) in [5.41, 5.74) is 0. The summed E-state index contributed by atoms with van der Waals surface area (Å²) >= 11 is 3.63. The number of hydrogen-bond donors (Lipinski definition) is 1. The Morgan fingerprint density at radius 3 is 2.00 bits per heavy atom. The smallest absolute Gasteiger partial charge is 0.342 e. The summed E-state index contributed by atoms with van der Waals surface area (Å²) in [5, 5.41) is 8.10. The van der Waals surface area contributed by atoms with E-state index in [1.165, 1.54) is 4.08 Å². The first-order chi connectivity index (χ1) is 3.18. The highest BCUT2D eigenvalue weighted by atomic mass is 127. The fourth-order valence-corrected chi connectivity index (χ4v) is 0.313. The number of aliphatic carboxylic acids is 1. The molecule has 0 saturated heterocycles. The van der Waals surface area contributed by atoms with Gasteiger partial charge in [-0.2, -0.15) is 0 Å². The minimum atomic E-state index is -0.866. The van der Waals surface area contributed by atoms with Gasteiger partial charge in [0.25, 0.3) is 0 Å². The maximum absolute atomic E-state index is 9.85. The Kier molecular flexibility index (Phi) is 9.44. The standard InChI is InChI=1S/C3H2I2O2.Al.3H/c4-1-2(5)3(6)7;;;;/h1H,(H,6,7);;;;. The molecule has 0 atom stereocenters. The van der Waals surface area contributed by atoms with Crippen LogP contribution in [0.5, 0.6) is 0 Å². The van der Waals surface area contributed by atoms with Gasteiger partial charge in [0.1, 0.15) is 3.58 Å². The molecule has 0 aliphatic carbocycles. The second-order valence-electron chi connectivity index (χ2n) is 0.762. The van der Waals surface area contributed by atoms with Crippen molar-refractivity contribution in [1.82, 2.24) is 0 Å². The van der Waals surface area contributed by atoms with E-state index in [1.54, 1.807) is 22.6 Å². The third-order valence-corrected chi connectivity index (χ3v) is 2.89. The quantitative estimate of drug-likeness (QED) is 0.426. The van der Waals surface area contributed by atoms with Crippen molar-refractivity contribution in [3.8, 4) is 0 Å². The molecule has 0 saturated carbocycles. The third kappa shape index (κ3) is 5.34. The molecule has 5 heteroatoms. The molecule has 0 unspecified atom stereocenters. The van der Waals surface area contributed by atoms with Gasteiger partial charge in [-0.05, 0) is 26.7 Å². The number of hydrogen-bond acceptors (Lipinski definition) is 1. The third-order valence-electron chi connectivity index (χ3n) is 0.300. The maximum Gasteiger partial charge on any atom is 0.342 e. The molecule has 0 heterocycles. The summed E-state index contributed by atoms with van der Waals surface area (Å²) in [7, 11) is 0. The van der Waals surface area contributed by atoms with Crippen molar-refractivity contribution in [1.29, 1.82) is 0 Å². The Balaban J connectivity index is 0. The Morgan fingerprint density at radius 1 is 1.62 bits per heavy atom. The van der Waals surface area contributed by atoms with Crippen molar-refractivity contribution >= 4 is 68.5 Å². The van der Waals surface area contributed by atoms with Crippen molar-refractivity contribution < 1.29 is 9.90 Å². The minimum Gasteiger partial charge on any atom is -0.477 e. The number of carbonyl (C=O) groups is 1. The van der Waals surface area contributed by atoms with Crippen LogP contribution in [-0.4, -0.2) is 28.4 Å². The van der Waals surface area contributed by atoms with E-state index in [2.05, 4.69) is 0 Å². The van der Waals surface area contributed by atoms with Crippen LogP contribution in [0.3, 0.4) is 0 Å². The SMILES string of the molecule is O=C(O)C(I)=CI.[AlH3]. The molecule has 0 aliphatic heterocycles. The molecule has 46 valence electrons. The molecule has 0 radical (unpaired) electrons. The normalized spacial score (nSPS) is 10.0. The highest BCUT2D eigenvalue weighted by Crippen LogP contribution is 2.07. The zero-order valence-corrected chi connectivity index (χ0v) is 7.50. The molecule has 0 aromatic rings. The van der Waals surface area contributed by atoms with Gasteiger partial charge in [0.05, 0.1) is 0 Å². The minimum absolute atomic E-state index is 0. The average Bonchev–Trinajstić information content (AvgIpc) is 1.65. The number of carboxylic acids is 1. The molecule has 0 aromatic heterocycles. The van der Waals surface area contributed by atoms with Gasteiger partial charge in [0.15, 0.2) is 17.4 Å². The molecule has 0 aromatic carbocycles. The van der Waals surface area contributed by atoms with Crippen LogP contribution in [-0.2, 0) is 4.79 Å². The Bertz CT molecular complexity index is 112. The topological polar surface area (TPSA) is 37.3 Å². The first kappa shape index (κ1) is 11.9. The molecule has 0 amide bonds. The van der Waals surface area contributed by atoms with E-state index in [1.807, 2.05) is 22.6 Å². The fraction of sp³-hybridized carbons (Fsp3) is 0. The van der Waals surface area contributed by atoms with Gasteiger partial charge in [-0.1, -0.05) is 22.6 Å². The highest BCUT2D eigenvalue weighted by molar-refractivity contribution is 14.1. The van der Waals surface area contributed by atoms with Gasteiger partial charge in [-0.3, -0.25) is 0 Å². The lowest BCUT2D eigenvalue weighted by atomic mass is 10.7. The average molecular weight is 354 g/mol. The van der Waals surface area contributed by atoms with Crippen LogP contribution in [0.2, 0.25) is 0 Å². The molecule has 0 rings (SSSR count). The fourth-order valence-electron chi connectivity index (χ4n) is 0.0467. The van der Waals surface area contributed by atoms with E-state index in [0.29, 0.717) is 3.58 Å². The lowest BCUT2D eigenvalue weighted by Gasteiger charge is -1.80. The van der Waals surface area contributed by atoms with Crippen LogP contribution in [0.25, 0.3) is 0 Å². The van der Waals surface area contributed by atoms with Crippen molar-refractivity contribution in [2.45, 2.75) is 0 Å². The van der Waals surface area contributed by atoms with Crippen LogP contribution >= 0.6 is 45.2 Å². The van der Waals surface area contributed by atoms with Crippen LogP contribution in [0.1, 0.15) is 0 Å². The van der Waals surface area contributed by atoms with E-state index in [9.17, 15) is 4.79 Å². The van der Waals surface area contributed by atoms with Gasteiger partial charge >= 0.3 is 5.97 Å². The second kappa shape index (κ2) is 6.32. The Morgan fingerprint density at radius 2 is 2.00 bits per heavy atom. The summed E-state index contributed by atoms with van der Waals surface area (Å²) in [5.74, 6) is -0.866. The molecule has 0 fully saturated rings. The largest absolute Gasteiger partial charge is 0.477 e. The van der Waals surface area contributed by atoms with Crippen molar-refractivity contribution in [3.05, 3.63) is 7.66 Å². The number of rotatable bonds is 1. The van der Waals surface area contributed by atoms with E-state index in [-0.39, 0.29) is 17.4 Å². The van der Waals surface area contributed by atoms with E-state index < -0.39 is 5.97 Å². The summed E-state index contributed by atoms with van der Waals surface area (Å²) in [6, 6.07) is 0. The van der Waals surface area contributed by atoms with Gasteiger partial charge in [0.2, 0.25) is 0 Å². The van der Waals surface area contributed by atoms with Crippen molar-refractivity contribution in [3.63, 3.8) is 0 Å². The molecule has 0 spiro atoms. The number of halogens is 2. The maximum atomic E-state index is 9.85. The van der Waals surface area contributed by atoms with E-state index >= 15 is 0 Å². The van der Waals surface area contributed by atoms with E-state index in [0.717, 1.165) is 0 Å². The van der Waals surface area contributed by atoms with Gasteiger partial charge < -0.3 is 5.11 Å². The summed E-state index contributed by atoms with van der Waals surface area (Å²) in [6.45, 7) is 0. The Labute approximate surface area is 85.1 Å². The number of carboxylic acid groups (broad SMARTS) is 1. The summed E-state index contributed by atoms with van der Waals surface area (Å²) in [4.78, 5) is 9.85. The zero-order chi connectivity index (χ0) is 5.86. The van der Waals surface area contributed by atoms with Gasteiger partial charge in [0, 0.05) is 0 Å². The molecule has 8 heavy (non-hydrogen) atoms. The van der Waals surface area contributed by atoms with Crippen molar-refractivity contribution in [2.75, 3.05) is 0 Å². The highest BCUT2D eigenvalue weighted by Gasteiger charge is 1.96. The monoisotopic (exact) mass is 354 g/mol. The lowest BCUT2D eigenvalue weighted by Crippen LogP contribution is -1.90. The van der Waals surface area contributed by atoms with Gasteiger partial charge in [-0.25, -0.2) is 4.79 Å². The molecule has 2 nitrogen and oxygen atoms in total. The first-order valence-electron chi connectivity index (χ1n) is 1.37. The summed E-state index contributed by atoms with van der Waals surface area (Å²) < 4.78 is 1.86. The summed E-state index contributed by atoms with van der Waals surface area (Å²) in [6.07, 6.45) is 0. The predicted molar refractivity (Wildman–Crippen MR) is 53.7 cm³/mol. The first-order valence-corrected chi connectivity index (χ1v) is 3.70. The predicted octanol–water partition coefficient (Wildman–Crippen LogP) is 0.599. The molecule has 0 aliphatic rings. The van der Waals surface area contributed by atoms with Crippen LogP contribution < -0.4 is 0 Å². The van der Waals surface area contributed by atoms with Crippen LogP contribution in [0.4, 0.5) is 0 Å². The van der Waals surface area contributed by atoms with Crippen LogP contribution in [0, 0.1) is 0 Å². The second-order valence-corrected chi connectivity index (χ2v) is 2.55. The van der Waals surface area contributed by atoms with Gasteiger partial charge in [-0.15, -0.1) is 0 Å². The molecular weight excluding hydrogens is 349 g/mol. The van der Waals surface area contributed by atoms with Crippen LogP contribution in [0.15, 0.2) is 7.66 Å². The zero-order valence-electron chi connectivity index (χ0n) is 3.19.